The molecule has 0 spiro atoms. The Balaban J connectivity index is 0. The molecule has 14 heavy (non-hydrogen) atoms. The monoisotopic (exact) mass is 216 g/mol. The summed E-state index contributed by atoms with van der Waals surface area (Å²) in [5.74, 6) is -2.65. The van der Waals surface area contributed by atoms with Gasteiger partial charge in [0.1, 0.15) is 0 Å². The first-order chi connectivity index (χ1) is 6.42. The van der Waals surface area contributed by atoms with Crippen LogP contribution in [0.2, 0.25) is 0 Å². The fourth-order valence-corrected chi connectivity index (χ4v) is 0.911. The predicted octanol–water partition coefficient (Wildman–Crippen LogP) is 4.88. The molecule has 0 saturated carbocycles. The standard InChI is InChI=1S/C8H14F4.C2H6/c1-8(11,12)6-4-2-3-5-7(9)10;1-2/h7H,2-6H2,1H3;1-2H3. The third kappa shape index (κ3) is 17.7. The average Bonchev–Trinajstić information content (AvgIpc) is 2.05. The van der Waals surface area contributed by atoms with Gasteiger partial charge in [-0.05, 0) is 19.8 Å². The van der Waals surface area contributed by atoms with Crippen molar-refractivity contribution in [3.05, 3.63) is 0 Å². The normalized spacial score (nSPS) is 11.1. The van der Waals surface area contributed by atoms with Crippen molar-refractivity contribution in [1.29, 1.82) is 0 Å². The van der Waals surface area contributed by atoms with Crippen molar-refractivity contribution in [2.24, 2.45) is 0 Å². The van der Waals surface area contributed by atoms with E-state index in [9.17, 15) is 17.6 Å². The number of hydrogen-bond acceptors (Lipinski definition) is 0. The lowest BCUT2D eigenvalue weighted by atomic mass is 10.1. The summed E-state index contributed by atoms with van der Waals surface area (Å²) in [4.78, 5) is 0. The Morgan fingerprint density at radius 3 is 1.86 bits per heavy atom. The van der Waals surface area contributed by atoms with Crippen LogP contribution < -0.4 is 0 Å². The summed E-state index contributed by atoms with van der Waals surface area (Å²) >= 11 is 0. The topological polar surface area (TPSA) is 0 Å². The van der Waals surface area contributed by atoms with E-state index in [1.165, 1.54) is 0 Å². The molecule has 0 N–H and O–H groups in total. The summed E-state index contributed by atoms with van der Waals surface area (Å²) < 4.78 is 47.4. The van der Waals surface area contributed by atoms with Crippen molar-refractivity contribution in [2.75, 3.05) is 0 Å². The second-order valence-corrected chi connectivity index (χ2v) is 3.06. The molecule has 0 heterocycles. The van der Waals surface area contributed by atoms with Crippen LogP contribution in [0.25, 0.3) is 0 Å². The highest BCUT2D eigenvalue weighted by Gasteiger charge is 2.19. The summed E-state index contributed by atoms with van der Waals surface area (Å²) in [6.45, 7) is 4.85. The molecule has 0 rings (SSSR count). The highest BCUT2D eigenvalue weighted by atomic mass is 19.3. The van der Waals surface area contributed by atoms with Crippen LogP contribution in [0.3, 0.4) is 0 Å². The van der Waals surface area contributed by atoms with Gasteiger partial charge < -0.3 is 0 Å². The van der Waals surface area contributed by atoms with Gasteiger partial charge in [-0.3, -0.25) is 0 Å². The second kappa shape index (κ2) is 9.28. The van der Waals surface area contributed by atoms with Gasteiger partial charge in [-0.25, -0.2) is 17.6 Å². The molecule has 0 aliphatic rings. The van der Waals surface area contributed by atoms with Gasteiger partial charge in [0.05, 0.1) is 0 Å². The van der Waals surface area contributed by atoms with E-state index in [0.717, 1.165) is 6.92 Å². The number of alkyl halides is 4. The van der Waals surface area contributed by atoms with Gasteiger partial charge in [0.15, 0.2) is 0 Å². The smallest absolute Gasteiger partial charge is 0.211 e. The van der Waals surface area contributed by atoms with Gasteiger partial charge in [-0.1, -0.05) is 20.3 Å². The van der Waals surface area contributed by atoms with E-state index in [0.29, 0.717) is 19.3 Å². The molecule has 88 valence electrons. The van der Waals surface area contributed by atoms with E-state index in [1.54, 1.807) is 0 Å². The van der Waals surface area contributed by atoms with Crippen LogP contribution in [0.4, 0.5) is 17.6 Å². The van der Waals surface area contributed by atoms with Crippen molar-refractivity contribution >= 4 is 0 Å². The molecule has 0 nitrogen and oxygen atoms in total. The van der Waals surface area contributed by atoms with Crippen molar-refractivity contribution in [1.82, 2.24) is 0 Å². The van der Waals surface area contributed by atoms with Crippen LogP contribution in [0.5, 0.6) is 0 Å². The zero-order valence-electron chi connectivity index (χ0n) is 9.12. The molecular formula is C10H20F4. The molecule has 0 aromatic carbocycles. The number of halogens is 4. The number of hydrogen-bond donors (Lipinski definition) is 0. The molecule has 0 aromatic rings. The Labute approximate surface area is 83.7 Å². The molecule has 0 aliphatic carbocycles. The van der Waals surface area contributed by atoms with E-state index in [-0.39, 0.29) is 12.8 Å². The van der Waals surface area contributed by atoms with Crippen LogP contribution in [-0.4, -0.2) is 12.3 Å². The predicted molar refractivity (Wildman–Crippen MR) is 51.1 cm³/mol. The fraction of sp³-hybridized carbons (Fsp3) is 1.00. The molecule has 0 radical (unpaired) electrons. The molecular weight excluding hydrogens is 196 g/mol. The molecule has 0 fully saturated rings. The first kappa shape index (κ1) is 16.2. The lowest BCUT2D eigenvalue weighted by Gasteiger charge is -2.08. The Kier molecular flexibility index (Phi) is 10.7. The minimum atomic E-state index is -2.65. The fourth-order valence-electron chi connectivity index (χ4n) is 0.911. The van der Waals surface area contributed by atoms with Gasteiger partial charge in [0, 0.05) is 12.8 Å². The third-order valence-electron chi connectivity index (χ3n) is 1.54. The van der Waals surface area contributed by atoms with E-state index >= 15 is 0 Å². The highest BCUT2D eigenvalue weighted by Crippen LogP contribution is 2.20. The first-order valence-corrected chi connectivity index (χ1v) is 5.08. The minimum Gasteiger partial charge on any atom is -0.211 e. The average molecular weight is 216 g/mol. The lowest BCUT2D eigenvalue weighted by molar-refractivity contribution is 0.0101. The van der Waals surface area contributed by atoms with E-state index in [2.05, 4.69) is 0 Å². The van der Waals surface area contributed by atoms with Crippen LogP contribution >= 0.6 is 0 Å². The SMILES string of the molecule is CC.CC(F)(F)CCCCCC(F)F. The van der Waals surface area contributed by atoms with Crippen LogP contribution in [-0.2, 0) is 0 Å². The largest absolute Gasteiger partial charge is 0.245 e. The van der Waals surface area contributed by atoms with Gasteiger partial charge in [-0.15, -0.1) is 0 Å². The van der Waals surface area contributed by atoms with Gasteiger partial charge >= 0.3 is 0 Å². The molecule has 0 saturated heterocycles. The summed E-state index contributed by atoms with van der Waals surface area (Å²) in [6, 6.07) is 0. The maximum absolute atomic E-state index is 12.2. The van der Waals surface area contributed by atoms with Crippen molar-refractivity contribution in [2.45, 2.75) is 65.2 Å². The van der Waals surface area contributed by atoms with Crippen LogP contribution in [0, 0.1) is 0 Å². The van der Waals surface area contributed by atoms with Gasteiger partial charge in [-0.2, -0.15) is 0 Å². The maximum Gasteiger partial charge on any atom is 0.245 e. The molecule has 0 bridgehead atoms. The molecule has 0 atom stereocenters. The second-order valence-electron chi connectivity index (χ2n) is 3.06. The summed E-state index contributed by atoms with van der Waals surface area (Å²) in [5, 5.41) is 0. The van der Waals surface area contributed by atoms with E-state index in [4.69, 9.17) is 0 Å². The van der Waals surface area contributed by atoms with Crippen molar-refractivity contribution in [3.63, 3.8) is 0 Å². The minimum absolute atomic E-state index is 0.171. The molecule has 0 unspecified atom stereocenters. The summed E-state index contributed by atoms with van der Waals surface area (Å²) in [6.07, 6.45) is -1.53. The molecule has 4 heteroatoms. The van der Waals surface area contributed by atoms with Crippen molar-refractivity contribution < 1.29 is 17.6 Å². The quantitative estimate of drug-likeness (QED) is 0.438. The maximum atomic E-state index is 12.2. The Bertz CT molecular complexity index is 107. The Morgan fingerprint density at radius 1 is 1.00 bits per heavy atom. The molecule has 0 aromatic heterocycles. The summed E-state index contributed by atoms with van der Waals surface area (Å²) in [5.41, 5.74) is 0. The van der Waals surface area contributed by atoms with E-state index in [1.807, 2.05) is 13.8 Å². The Hall–Kier alpha value is -0.280. The van der Waals surface area contributed by atoms with Crippen LogP contribution in [0.15, 0.2) is 0 Å². The zero-order valence-corrected chi connectivity index (χ0v) is 9.12. The Morgan fingerprint density at radius 2 is 1.50 bits per heavy atom. The molecule has 0 amide bonds. The number of unbranched alkanes of at least 4 members (excludes halogenated alkanes) is 2. The molecule has 0 aliphatic heterocycles. The van der Waals surface area contributed by atoms with E-state index < -0.39 is 12.3 Å². The van der Waals surface area contributed by atoms with Crippen molar-refractivity contribution in [3.8, 4) is 0 Å². The van der Waals surface area contributed by atoms with Gasteiger partial charge in [0.25, 0.3) is 0 Å². The lowest BCUT2D eigenvalue weighted by Crippen LogP contribution is -2.08. The highest BCUT2D eigenvalue weighted by molar-refractivity contribution is 4.57. The zero-order chi connectivity index (χ0) is 11.6. The summed E-state index contributed by atoms with van der Waals surface area (Å²) in [7, 11) is 0. The van der Waals surface area contributed by atoms with Crippen LogP contribution in [0.1, 0.15) is 52.9 Å². The third-order valence-corrected chi connectivity index (χ3v) is 1.54. The first-order valence-electron chi connectivity index (χ1n) is 5.08. The number of rotatable bonds is 6. The van der Waals surface area contributed by atoms with Gasteiger partial charge in [0.2, 0.25) is 12.3 Å².